The van der Waals surface area contributed by atoms with Gasteiger partial charge in [0.1, 0.15) is 5.75 Å². The molecule has 0 unspecified atom stereocenters. The molecule has 136 valence electrons. The van der Waals surface area contributed by atoms with E-state index in [1.165, 1.54) is 0 Å². The van der Waals surface area contributed by atoms with Gasteiger partial charge in [-0.25, -0.2) is 0 Å². The minimum absolute atomic E-state index is 0.0864. The molecule has 26 heavy (non-hydrogen) atoms. The lowest BCUT2D eigenvalue weighted by Crippen LogP contribution is -2.35. The van der Waals surface area contributed by atoms with Crippen molar-refractivity contribution in [3.63, 3.8) is 0 Å². The predicted molar refractivity (Wildman–Crippen MR) is 103 cm³/mol. The molecular formula is C21H24N2O3. The molecule has 1 heterocycles. The minimum Gasteiger partial charge on any atom is -0.495 e. The van der Waals surface area contributed by atoms with Gasteiger partial charge in [-0.2, -0.15) is 0 Å². The number of amides is 2. The number of nitrogens with one attached hydrogen (secondary N) is 1. The molecule has 0 aliphatic carbocycles. The number of benzene rings is 2. The first-order chi connectivity index (χ1) is 12.6. The lowest BCUT2D eigenvalue weighted by atomic mass is 10.1. The number of carbonyl (C=O) groups excluding carboxylic acids is 2. The van der Waals surface area contributed by atoms with Gasteiger partial charge in [-0.05, 0) is 43.5 Å². The molecule has 0 aromatic heterocycles. The van der Waals surface area contributed by atoms with Crippen molar-refractivity contribution in [2.24, 2.45) is 0 Å². The summed E-state index contributed by atoms with van der Waals surface area (Å²) in [5, 5.41) is 2.92. The van der Waals surface area contributed by atoms with Crippen LogP contribution in [-0.2, 0) is 16.0 Å². The standard InChI is InChI=1S/C21H24N2O3/c1-15-6-5-7-16(12-15)13-20(24)22-17-9-10-19(26-2)18(14-17)23-11-4-3-8-21(23)25/h5-7,9-10,12,14H,3-4,8,11,13H2,1-2H3,(H,22,24). The summed E-state index contributed by atoms with van der Waals surface area (Å²) in [6.45, 7) is 2.68. The molecule has 0 radical (unpaired) electrons. The zero-order chi connectivity index (χ0) is 18.5. The fourth-order valence-corrected chi connectivity index (χ4v) is 3.25. The molecule has 5 heteroatoms. The summed E-state index contributed by atoms with van der Waals surface area (Å²) in [5.41, 5.74) is 3.48. The van der Waals surface area contributed by atoms with Gasteiger partial charge in [0, 0.05) is 18.7 Å². The molecule has 0 atom stereocenters. The number of ether oxygens (including phenoxy) is 1. The first-order valence-corrected chi connectivity index (χ1v) is 8.90. The first-order valence-electron chi connectivity index (χ1n) is 8.90. The van der Waals surface area contributed by atoms with Gasteiger partial charge >= 0.3 is 0 Å². The number of aryl methyl sites for hydroxylation is 1. The molecule has 0 spiro atoms. The van der Waals surface area contributed by atoms with Gasteiger partial charge in [0.15, 0.2) is 0 Å². The van der Waals surface area contributed by atoms with Crippen LogP contribution in [0.2, 0.25) is 0 Å². The van der Waals surface area contributed by atoms with E-state index in [-0.39, 0.29) is 11.8 Å². The van der Waals surface area contributed by atoms with Crippen LogP contribution in [0.3, 0.4) is 0 Å². The number of carbonyl (C=O) groups is 2. The number of methoxy groups -OCH3 is 1. The van der Waals surface area contributed by atoms with Crippen LogP contribution in [0.4, 0.5) is 11.4 Å². The summed E-state index contributed by atoms with van der Waals surface area (Å²) in [5.74, 6) is 0.645. The topological polar surface area (TPSA) is 58.6 Å². The number of hydrogen-bond acceptors (Lipinski definition) is 3. The molecule has 0 bridgehead atoms. The van der Waals surface area contributed by atoms with Crippen molar-refractivity contribution in [1.82, 2.24) is 0 Å². The number of rotatable bonds is 5. The van der Waals surface area contributed by atoms with Gasteiger partial charge in [-0.1, -0.05) is 29.8 Å². The van der Waals surface area contributed by atoms with Crippen LogP contribution < -0.4 is 15.0 Å². The Kier molecular flexibility index (Phi) is 5.56. The fraction of sp³-hybridized carbons (Fsp3) is 0.333. The Labute approximate surface area is 154 Å². The van der Waals surface area contributed by atoms with E-state index in [4.69, 9.17) is 4.74 Å². The molecule has 3 rings (SSSR count). The van der Waals surface area contributed by atoms with Crippen molar-refractivity contribution in [2.75, 3.05) is 23.9 Å². The van der Waals surface area contributed by atoms with Gasteiger partial charge in [-0.15, -0.1) is 0 Å². The highest BCUT2D eigenvalue weighted by Gasteiger charge is 2.23. The van der Waals surface area contributed by atoms with Gasteiger partial charge in [0.05, 0.1) is 19.2 Å². The Morgan fingerprint density at radius 1 is 1.19 bits per heavy atom. The summed E-state index contributed by atoms with van der Waals surface area (Å²) < 4.78 is 5.41. The Morgan fingerprint density at radius 3 is 2.77 bits per heavy atom. The zero-order valence-electron chi connectivity index (χ0n) is 15.2. The monoisotopic (exact) mass is 352 g/mol. The van der Waals surface area contributed by atoms with Crippen molar-refractivity contribution in [3.05, 3.63) is 53.6 Å². The van der Waals surface area contributed by atoms with Crippen LogP contribution in [0.1, 0.15) is 30.4 Å². The second kappa shape index (κ2) is 8.04. The zero-order valence-corrected chi connectivity index (χ0v) is 15.2. The maximum Gasteiger partial charge on any atom is 0.228 e. The van der Waals surface area contributed by atoms with Crippen LogP contribution in [0.25, 0.3) is 0 Å². The summed E-state index contributed by atoms with van der Waals surface area (Å²) >= 11 is 0. The van der Waals surface area contributed by atoms with Crippen molar-refractivity contribution in [3.8, 4) is 5.75 Å². The number of piperidine rings is 1. The smallest absolute Gasteiger partial charge is 0.228 e. The first kappa shape index (κ1) is 18.0. The van der Waals surface area contributed by atoms with Crippen molar-refractivity contribution in [1.29, 1.82) is 0 Å². The van der Waals surface area contributed by atoms with Crippen LogP contribution in [0.15, 0.2) is 42.5 Å². The predicted octanol–water partition coefficient (Wildman–Crippen LogP) is 3.70. The van der Waals surface area contributed by atoms with Crippen LogP contribution in [-0.4, -0.2) is 25.5 Å². The van der Waals surface area contributed by atoms with Crippen molar-refractivity contribution >= 4 is 23.2 Å². The summed E-state index contributed by atoms with van der Waals surface area (Å²) in [4.78, 5) is 26.4. The fourth-order valence-electron chi connectivity index (χ4n) is 3.25. The molecule has 2 aromatic rings. The Bertz CT molecular complexity index is 817. The molecule has 1 aliphatic rings. The second-order valence-corrected chi connectivity index (χ2v) is 6.60. The molecule has 1 fully saturated rings. The largest absolute Gasteiger partial charge is 0.495 e. The molecule has 1 aliphatic heterocycles. The van der Waals surface area contributed by atoms with Crippen molar-refractivity contribution in [2.45, 2.75) is 32.6 Å². The molecule has 1 saturated heterocycles. The maximum absolute atomic E-state index is 12.4. The summed E-state index contributed by atoms with van der Waals surface area (Å²) in [6.07, 6.45) is 2.75. The number of hydrogen-bond donors (Lipinski definition) is 1. The van der Waals surface area contributed by atoms with Crippen LogP contribution in [0.5, 0.6) is 5.75 Å². The average Bonchev–Trinajstić information content (AvgIpc) is 2.62. The molecule has 0 saturated carbocycles. The van der Waals surface area contributed by atoms with E-state index >= 15 is 0 Å². The lowest BCUT2D eigenvalue weighted by molar-refractivity contribution is -0.119. The van der Waals surface area contributed by atoms with Crippen LogP contribution in [0, 0.1) is 6.92 Å². The van der Waals surface area contributed by atoms with Crippen LogP contribution >= 0.6 is 0 Å². The van der Waals surface area contributed by atoms with E-state index in [0.717, 1.165) is 24.0 Å². The third-order valence-electron chi connectivity index (χ3n) is 4.52. The molecule has 2 amide bonds. The summed E-state index contributed by atoms with van der Waals surface area (Å²) in [6, 6.07) is 13.3. The van der Waals surface area contributed by atoms with E-state index in [1.54, 1.807) is 24.1 Å². The highest BCUT2D eigenvalue weighted by atomic mass is 16.5. The van der Waals surface area contributed by atoms with E-state index in [2.05, 4.69) is 5.32 Å². The number of nitrogens with zero attached hydrogens (tertiary/aromatic N) is 1. The number of anilines is 2. The Morgan fingerprint density at radius 2 is 2.04 bits per heavy atom. The van der Waals surface area contributed by atoms with Gasteiger partial charge in [0.25, 0.3) is 0 Å². The molecular weight excluding hydrogens is 328 g/mol. The average molecular weight is 352 g/mol. The summed E-state index contributed by atoms with van der Waals surface area (Å²) in [7, 11) is 1.59. The SMILES string of the molecule is COc1ccc(NC(=O)Cc2cccc(C)c2)cc1N1CCCCC1=O. The Hall–Kier alpha value is -2.82. The Balaban J connectivity index is 1.76. The van der Waals surface area contributed by atoms with E-state index < -0.39 is 0 Å². The van der Waals surface area contributed by atoms with E-state index in [0.29, 0.717) is 36.5 Å². The minimum atomic E-state index is -0.0864. The van der Waals surface area contributed by atoms with Gasteiger partial charge < -0.3 is 15.0 Å². The van der Waals surface area contributed by atoms with Gasteiger partial charge in [-0.3, -0.25) is 9.59 Å². The highest BCUT2D eigenvalue weighted by molar-refractivity contribution is 5.98. The molecule has 5 nitrogen and oxygen atoms in total. The normalized spacial score (nSPS) is 14.2. The molecule has 2 aromatic carbocycles. The van der Waals surface area contributed by atoms with Crippen molar-refractivity contribution < 1.29 is 14.3 Å². The van der Waals surface area contributed by atoms with Gasteiger partial charge in [0.2, 0.25) is 11.8 Å². The lowest BCUT2D eigenvalue weighted by Gasteiger charge is -2.28. The maximum atomic E-state index is 12.4. The quantitative estimate of drug-likeness (QED) is 0.892. The third kappa shape index (κ3) is 4.23. The van der Waals surface area contributed by atoms with E-state index in [9.17, 15) is 9.59 Å². The second-order valence-electron chi connectivity index (χ2n) is 6.60. The molecule has 1 N–H and O–H groups in total. The third-order valence-corrected chi connectivity index (χ3v) is 4.52. The highest BCUT2D eigenvalue weighted by Crippen LogP contribution is 2.33. The van der Waals surface area contributed by atoms with E-state index in [1.807, 2.05) is 37.3 Å².